The number of ether oxygens (including phenoxy) is 2. The van der Waals surface area contributed by atoms with Crippen molar-refractivity contribution in [1.82, 2.24) is 5.32 Å². The summed E-state index contributed by atoms with van der Waals surface area (Å²) in [5.74, 6) is 2.00. The molecule has 2 rings (SSSR count). The highest BCUT2D eigenvalue weighted by molar-refractivity contribution is 5.48. The third-order valence-electron chi connectivity index (χ3n) is 3.50. The van der Waals surface area contributed by atoms with Crippen LogP contribution in [0.3, 0.4) is 0 Å². The lowest BCUT2D eigenvalue weighted by Gasteiger charge is -2.13. The zero-order valence-electron chi connectivity index (χ0n) is 12.6. The first kappa shape index (κ1) is 15.1. The van der Waals surface area contributed by atoms with Crippen LogP contribution in [0.2, 0.25) is 0 Å². The molecule has 4 nitrogen and oxygen atoms in total. The van der Waals surface area contributed by atoms with E-state index >= 15 is 0 Å². The minimum atomic E-state index is 0.271. The summed E-state index contributed by atoms with van der Waals surface area (Å²) in [5, 5.41) is 3.45. The number of hydrogen-bond donors (Lipinski definition) is 2. The Labute approximate surface area is 121 Å². The van der Waals surface area contributed by atoms with Gasteiger partial charge in [-0.1, -0.05) is 0 Å². The van der Waals surface area contributed by atoms with Gasteiger partial charge in [-0.05, 0) is 51.9 Å². The molecular formula is C16H26N2O2. The largest absolute Gasteiger partial charge is 0.494 e. The molecule has 0 bridgehead atoms. The summed E-state index contributed by atoms with van der Waals surface area (Å²) in [6, 6.07) is 4.26. The van der Waals surface area contributed by atoms with Gasteiger partial charge in [-0.3, -0.25) is 0 Å². The molecule has 20 heavy (non-hydrogen) atoms. The molecule has 0 radical (unpaired) electrons. The summed E-state index contributed by atoms with van der Waals surface area (Å²) in [4.78, 5) is 0. The number of hydrogen-bond acceptors (Lipinski definition) is 4. The average molecular weight is 278 g/mol. The van der Waals surface area contributed by atoms with Crippen molar-refractivity contribution in [2.75, 3.05) is 19.7 Å². The van der Waals surface area contributed by atoms with Crippen molar-refractivity contribution in [2.24, 2.45) is 5.73 Å². The molecule has 1 aliphatic heterocycles. The average Bonchev–Trinajstić information content (AvgIpc) is 2.78. The third-order valence-corrected chi connectivity index (χ3v) is 3.50. The first-order valence-corrected chi connectivity index (χ1v) is 7.60. The van der Waals surface area contributed by atoms with E-state index in [2.05, 4.69) is 24.4 Å². The van der Waals surface area contributed by atoms with Gasteiger partial charge in [0.15, 0.2) is 0 Å². The maximum atomic E-state index is 5.83. The van der Waals surface area contributed by atoms with Crippen molar-refractivity contribution in [3.8, 4) is 11.5 Å². The fourth-order valence-electron chi connectivity index (χ4n) is 2.53. The lowest BCUT2D eigenvalue weighted by Crippen LogP contribution is -2.16. The van der Waals surface area contributed by atoms with Gasteiger partial charge in [-0.25, -0.2) is 0 Å². The van der Waals surface area contributed by atoms with Gasteiger partial charge < -0.3 is 20.5 Å². The van der Waals surface area contributed by atoms with Crippen molar-refractivity contribution < 1.29 is 9.47 Å². The van der Waals surface area contributed by atoms with Gasteiger partial charge in [-0.2, -0.15) is 0 Å². The predicted molar refractivity (Wildman–Crippen MR) is 81.4 cm³/mol. The monoisotopic (exact) mass is 278 g/mol. The van der Waals surface area contributed by atoms with Crippen molar-refractivity contribution >= 4 is 0 Å². The van der Waals surface area contributed by atoms with Crippen molar-refractivity contribution in [3.63, 3.8) is 0 Å². The van der Waals surface area contributed by atoms with Gasteiger partial charge in [-0.15, -0.1) is 0 Å². The number of rotatable bonds is 8. The van der Waals surface area contributed by atoms with E-state index in [4.69, 9.17) is 15.2 Å². The zero-order chi connectivity index (χ0) is 14.4. The van der Waals surface area contributed by atoms with Gasteiger partial charge >= 0.3 is 0 Å². The molecule has 0 aromatic heterocycles. The Hall–Kier alpha value is -1.26. The molecule has 1 unspecified atom stereocenters. The first-order chi connectivity index (χ1) is 9.74. The summed E-state index contributed by atoms with van der Waals surface area (Å²) in [6.07, 6.45) is 3.42. The van der Waals surface area contributed by atoms with E-state index in [0.717, 1.165) is 50.4 Å². The van der Waals surface area contributed by atoms with E-state index in [9.17, 15) is 0 Å². The van der Waals surface area contributed by atoms with Crippen LogP contribution in [0, 0.1) is 0 Å². The van der Waals surface area contributed by atoms with Crippen LogP contribution in [0.4, 0.5) is 0 Å². The molecule has 1 aliphatic rings. The van der Waals surface area contributed by atoms with Crippen LogP contribution in [0.25, 0.3) is 0 Å². The van der Waals surface area contributed by atoms with E-state index in [0.29, 0.717) is 6.61 Å². The molecule has 1 aromatic carbocycles. The Morgan fingerprint density at radius 1 is 1.40 bits per heavy atom. The van der Waals surface area contributed by atoms with Crippen molar-refractivity contribution in [2.45, 2.75) is 45.8 Å². The van der Waals surface area contributed by atoms with Crippen LogP contribution in [0.1, 0.15) is 37.8 Å². The van der Waals surface area contributed by atoms with Gasteiger partial charge in [0.25, 0.3) is 0 Å². The summed E-state index contributed by atoms with van der Waals surface area (Å²) in [5.41, 5.74) is 7.93. The van der Waals surface area contributed by atoms with E-state index in [1.807, 2.05) is 6.92 Å². The number of benzene rings is 1. The number of fused-ring (bicyclic) bond motifs is 1. The molecule has 0 spiro atoms. The minimum absolute atomic E-state index is 0.271. The molecule has 1 atom stereocenters. The van der Waals surface area contributed by atoms with Crippen LogP contribution in [-0.4, -0.2) is 25.8 Å². The molecule has 4 heteroatoms. The van der Waals surface area contributed by atoms with E-state index in [-0.39, 0.29) is 6.10 Å². The van der Waals surface area contributed by atoms with Gasteiger partial charge in [0, 0.05) is 24.1 Å². The molecule has 1 heterocycles. The van der Waals surface area contributed by atoms with Crippen molar-refractivity contribution in [1.29, 1.82) is 0 Å². The molecule has 0 fully saturated rings. The molecular weight excluding hydrogens is 252 g/mol. The molecule has 1 aromatic rings. The van der Waals surface area contributed by atoms with Crippen molar-refractivity contribution in [3.05, 3.63) is 23.3 Å². The fourth-order valence-corrected chi connectivity index (χ4v) is 2.53. The predicted octanol–water partition coefficient (Wildman–Crippen LogP) is 2.24. The smallest absolute Gasteiger partial charge is 0.124 e. The number of unbranched alkanes of at least 4 members (excludes halogenated alkanes) is 1. The third kappa shape index (κ3) is 3.87. The fraction of sp³-hybridized carbons (Fsp3) is 0.625. The maximum Gasteiger partial charge on any atom is 0.124 e. The molecule has 112 valence electrons. The number of nitrogens with one attached hydrogen (secondary N) is 1. The Bertz CT molecular complexity index is 435. The molecule has 0 aliphatic carbocycles. The summed E-state index contributed by atoms with van der Waals surface area (Å²) in [7, 11) is 0. The summed E-state index contributed by atoms with van der Waals surface area (Å²) < 4.78 is 11.6. The lowest BCUT2D eigenvalue weighted by molar-refractivity contribution is 0.254. The second-order valence-corrected chi connectivity index (χ2v) is 5.31. The van der Waals surface area contributed by atoms with Crippen LogP contribution < -0.4 is 20.5 Å². The Morgan fingerprint density at radius 3 is 3.00 bits per heavy atom. The molecule has 0 saturated heterocycles. The van der Waals surface area contributed by atoms with Gasteiger partial charge in [0.1, 0.15) is 17.6 Å². The van der Waals surface area contributed by atoms with E-state index in [1.54, 1.807) is 0 Å². The lowest BCUT2D eigenvalue weighted by atomic mass is 10.1. The van der Waals surface area contributed by atoms with E-state index in [1.165, 1.54) is 11.1 Å². The standard InChI is InChI=1S/C16H26N2O2/c1-3-19-15-9-13-8-12(2)20-16(13)10-14(15)11-18-7-5-4-6-17/h9-10,12,18H,3-8,11,17H2,1-2H3. The Kier molecular flexibility index (Phi) is 5.68. The topological polar surface area (TPSA) is 56.5 Å². The van der Waals surface area contributed by atoms with E-state index < -0.39 is 0 Å². The molecule has 3 N–H and O–H groups in total. The minimum Gasteiger partial charge on any atom is -0.494 e. The highest BCUT2D eigenvalue weighted by Crippen LogP contribution is 2.35. The normalized spacial score (nSPS) is 16.9. The van der Waals surface area contributed by atoms with Crippen LogP contribution in [-0.2, 0) is 13.0 Å². The Balaban J connectivity index is 2.00. The van der Waals surface area contributed by atoms with Crippen LogP contribution in [0.5, 0.6) is 11.5 Å². The molecule has 0 saturated carbocycles. The Morgan fingerprint density at radius 2 is 2.25 bits per heavy atom. The van der Waals surface area contributed by atoms with Gasteiger partial charge in [0.2, 0.25) is 0 Å². The first-order valence-electron chi connectivity index (χ1n) is 7.60. The molecule has 0 amide bonds. The second kappa shape index (κ2) is 7.50. The van der Waals surface area contributed by atoms with Gasteiger partial charge in [0.05, 0.1) is 6.61 Å². The SMILES string of the molecule is CCOc1cc2c(cc1CNCCCCN)OC(C)C2. The highest BCUT2D eigenvalue weighted by Gasteiger charge is 2.21. The van der Waals surface area contributed by atoms with Crippen LogP contribution in [0.15, 0.2) is 12.1 Å². The maximum absolute atomic E-state index is 5.83. The second-order valence-electron chi connectivity index (χ2n) is 5.31. The zero-order valence-corrected chi connectivity index (χ0v) is 12.6. The van der Waals surface area contributed by atoms with Crippen LogP contribution >= 0.6 is 0 Å². The highest BCUT2D eigenvalue weighted by atomic mass is 16.5. The summed E-state index contributed by atoms with van der Waals surface area (Å²) >= 11 is 0. The number of nitrogens with two attached hydrogens (primary N) is 1. The summed E-state index contributed by atoms with van der Waals surface area (Å²) in [6.45, 7) is 7.36. The quantitative estimate of drug-likeness (QED) is 0.716.